The van der Waals surface area contributed by atoms with Gasteiger partial charge in [-0.25, -0.2) is 9.97 Å². The fraction of sp³-hybridized carbons (Fsp3) is 0.394. The van der Waals surface area contributed by atoms with E-state index in [1.54, 1.807) is 0 Å². The van der Waals surface area contributed by atoms with E-state index in [2.05, 4.69) is 42.7 Å². The second-order valence-corrected chi connectivity index (χ2v) is 12.8. The van der Waals surface area contributed by atoms with Crippen molar-refractivity contribution < 1.29 is 14.1 Å². The lowest BCUT2D eigenvalue weighted by Crippen LogP contribution is -2.33. The molecule has 0 spiro atoms. The van der Waals surface area contributed by atoms with Gasteiger partial charge in [0, 0.05) is 42.3 Å². The largest absolute Gasteiger partial charge is 0.476 e. The molecule has 0 radical (unpaired) electrons. The van der Waals surface area contributed by atoms with E-state index in [9.17, 15) is 4.79 Å². The molecule has 1 aliphatic heterocycles. The van der Waals surface area contributed by atoms with Gasteiger partial charge in [0.05, 0.1) is 17.6 Å². The number of imidazole rings is 1. The lowest BCUT2D eigenvalue weighted by molar-refractivity contribution is -0.117. The molecular weight excluding hydrogens is 546 g/mol. The third-order valence-corrected chi connectivity index (χ3v) is 8.37. The Balaban J connectivity index is 1.05. The first kappa shape index (κ1) is 28.1. The molecule has 0 amide bonds. The molecule has 0 aliphatic carbocycles. The fourth-order valence-corrected chi connectivity index (χ4v) is 6.03. The van der Waals surface area contributed by atoms with Crippen molar-refractivity contribution in [3.8, 4) is 17.7 Å². The van der Waals surface area contributed by atoms with Crippen LogP contribution in [0.5, 0.6) is 5.88 Å². The lowest BCUT2D eigenvalue weighted by Gasteiger charge is -2.25. The Morgan fingerprint density at radius 3 is 2.60 bits per heavy atom. The summed E-state index contributed by atoms with van der Waals surface area (Å²) in [6.07, 6.45) is 6.45. The number of carbonyl (C=O) groups is 1. The van der Waals surface area contributed by atoms with E-state index in [1.807, 2.05) is 53.1 Å². The average molecular weight is 582 g/mol. The normalized spacial score (nSPS) is 14.3. The van der Waals surface area contributed by atoms with Gasteiger partial charge in [0.15, 0.2) is 4.96 Å². The van der Waals surface area contributed by atoms with Gasteiger partial charge in [0.25, 0.3) is 0 Å². The highest BCUT2D eigenvalue weighted by molar-refractivity contribution is 7.23. The molecular formula is C33H35N5O3S. The predicted octanol–water partition coefficient (Wildman–Crippen LogP) is 5.85. The van der Waals surface area contributed by atoms with Crippen LogP contribution in [0.25, 0.3) is 15.3 Å². The third-order valence-electron chi connectivity index (χ3n) is 7.41. The standard InChI is InChI=1S/C33H35N5O3S/c1-33(2,3)29-21-26(36-41-29)20-27(39)19-24-9-7-23(8-10-24)11-12-25-22-38-28-13-14-30(35-31(28)42-32(38)34-25)40-18-17-37-15-5-4-6-16-37/h7-10,13-14,21-22H,4-6,15-20H2,1-3H3. The van der Waals surface area contributed by atoms with Gasteiger partial charge in [-0.1, -0.05) is 61.7 Å². The van der Waals surface area contributed by atoms with Crippen LogP contribution in [0.4, 0.5) is 0 Å². The number of thiazole rings is 1. The molecule has 6 rings (SSSR count). The summed E-state index contributed by atoms with van der Waals surface area (Å²) in [5.74, 6) is 7.89. The number of ether oxygens (including phenoxy) is 1. The molecule has 0 atom stereocenters. The molecule has 1 aliphatic rings. The number of hydrogen-bond donors (Lipinski definition) is 0. The summed E-state index contributed by atoms with van der Waals surface area (Å²) in [4.78, 5) is 26.2. The molecule has 0 unspecified atom stereocenters. The van der Waals surface area contributed by atoms with Crippen LogP contribution < -0.4 is 4.74 Å². The summed E-state index contributed by atoms with van der Waals surface area (Å²) in [7, 11) is 0. The maximum absolute atomic E-state index is 12.6. The summed E-state index contributed by atoms with van der Waals surface area (Å²) < 4.78 is 13.4. The number of rotatable bonds is 8. The van der Waals surface area contributed by atoms with Crippen molar-refractivity contribution in [1.29, 1.82) is 0 Å². The smallest absolute Gasteiger partial charge is 0.214 e. The topological polar surface area (TPSA) is 85.8 Å². The van der Waals surface area contributed by atoms with E-state index in [1.165, 1.54) is 43.7 Å². The Morgan fingerprint density at radius 2 is 1.83 bits per heavy atom. The lowest BCUT2D eigenvalue weighted by atomic mass is 9.93. The van der Waals surface area contributed by atoms with Crippen LogP contribution in [0.2, 0.25) is 0 Å². The zero-order chi connectivity index (χ0) is 29.1. The second-order valence-electron chi connectivity index (χ2n) is 11.9. The van der Waals surface area contributed by atoms with Gasteiger partial charge in [-0.05, 0) is 55.6 Å². The molecule has 216 valence electrons. The Labute approximate surface area is 249 Å². The maximum Gasteiger partial charge on any atom is 0.214 e. The van der Waals surface area contributed by atoms with Crippen molar-refractivity contribution in [1.82, 2.24) is 24.4 Å². The van der Waals surface area contributed by atoms with Crippen molar-refractivity contribution in [3.63, 3.8) is 0 Å². The van der Waals surface area contributed by atoms with Crippen molar-refractivity contribution in [2.24, 2.45) is 0 Å². The molecule has 0 saturated carbocycles. The van der Waals surface area contributed by atoms with Crippen molar-refractivity contribution in [3.05, 3.63) is 76.9 Å². The van der Waals surface area contributed by atoms with E-state index in [-0.39, 0.29) is 17.6 Å². The highest BCUT2D eigenvalue weighted by Gasteiger charge is 2.20. The Morgan fingerprint density at radius 1 is 1.02 bits per heavy atom. The number of benzene rings is 1. The summed E-state index contributed by atoms with van der Waals surface area (Å²) in [6.45, 7) is 10.1. The fourth-order valence-electron chi connectivity index (χ4n) is 5.05. The first-order chi connectivity index (χ1) is 20.3. The quantitative estimate of drug-likeness (QED) is 0.213. The number of likely N-dealkylation sites (tertiary alicyclic amines) is 1. The Bertz CT molecular complexity index is 1760. The van der Waals surface area contributed by atoms with Crippen molar-refractivity contribution >= 4 is 32.4 Å². The molecule has 1 aromatic carbocycles. The zero-order valence-electron chi connectivity index (χ0n) is 24.4. The highest BCUT2D eigenvalue weighted by atomic mass is 32.1. The first-order valence-electron chi connectivity index (χ1n) is 14.5. The SMILES string of the molecule is CC(C)(C)c1cc(CC(=O)Cc2ccc(C#Cc3cn4c(n3)sc3nc(OCCN5CCCCC5)ccc34)cc2)no1. The zero-order valence-corrected chi connectivity index (χ0v) is 25.2. The number of aromatic nitrogens is 4. The Hall–Kier alpha value is -4.00. The van der Waals surface area contributed by atoms with Gasteiger partial charge in [-0.2, -0.15) is 0 Å². The molecule has 5 aromatic rings. The van der Waals surface area contributed by atoms with Gasteiger partial charge in [0.2, 0.25) is 5.88 Å². The van der Waals surface area contributed by atoms with Crippen LogP contribution in [-0.4, -0.2) is 56.4 Å². The number of pyridine rings is 1. The monoisotopic (exact) mass is 581 g/mol. The van der Waals surface area contributed by atoms with Crippen LogP contribution in [0, 0.1) is 11.8 Å². The highest BCUT2D eigenvalue weighted by Crippen LogP contribution is 2.27. The molecule has 4 aromatic heterocycles. The van der Waals surface area contributed by atoms with Crippen LogP contribution in [-0.2, 0) is 23.1 Å². The number of Topliss-reactive ketones (excluding diaryl/α,β-unsaturated/α-hetero) is 1. The summed E-state index contributed by atoms with van der Waals surface area (Å²) in [6, 6.07) is 13.6. The van der Waals surface area contributed by atoms with Crippen LogP contribution in [0.15, 0.2) is 53.2 Å². The number of carbonyl (C=O) groups excluding carboxylic acids is 1. The number of piperidine rings is 1. The first-order valence-corrected chi connectivity index (χ1v) is 15.3. The van der Waals surface area contributed by atoms with Gasteiger partial charge in [0.1, 0.15) is 28.7 Å². The molecule has 1 saturated heterocycles. The number of hydrogen-bond acceptors (Lipinski definition) is 8. The van der Waals surface area contributed by atoms with Gasteiger partial charge in [-0.15, -0.1) is 0 Å². The maximum atomic E-state index is 12.6. The minimum Gasteiger partial charge on any atom is -0.476 e. The van der Waals surface area contributed by atoms with Crippen LogP contribution in [0.1, 0.15) is 68.3 Å². The van der Waals surface area contributed by atoms with Crippen molar-refractivity contribution in [2.75, 3.05) is 26.2 Å². The number of nitrogens with zero attached hydrogens (tertiary/aromatic N) is 5. The van der Waals surface area contributed by atoms with E-state index >= 15 is 0 Å². The summed E-state index contributed by atoms with van der Waals surface area (Å²) in [5.41, 5.74) is 4.05. The van der Waals surface area contributed by atoms with Crippen LogP contribution in [0.3, 0.4) is 0 Å². The van der Waals surface area contributed by atoms with Gasteiger partial charge in [-0.3, -0.25) is 14.1 Å². The summed E-state index contributed by atoms with van der Waals surface area (Å²) in [5, 5.41) is 4.06. The summed E-state index contributed by atoms with van der Waals surface area (Å²) >= 11 is 1.53. The molecule has 1 fully saturated rings. The van der Waals surface area contributed by atoms with Crippen LogP contribution >= 0.6 is 11.3 Å². The van der Waals surface area contributed by atoms with E-state index in [0.717, 1.165) is 38.7 Å². The predicted molar refractivity (Wildman–Crippen MR) is 164 cm³/mol. The minimum atomic E-state index is -0.131. The molecule has 5 heterocycles. The van der Waals surface area contributed by atoms with Gasteiger partial charge >= 0.3 is 0 Å². The molecule has 0 bridgehead atoms. The molecule has 42 heavy (non-hydrogen) atoms. The molecule has 8 nitrogen and oxygen atoms in total. The van der Waals surface area contributed by atoms with Crippen molar-refractivity contribution in [2.45, 2.75) is 58.3 Å². The average Bonchev–Trinajstić information content (AvgIpc) is 3.68. The number of ketones is 1. The van der Waals surface area contributed by atoms with E-state index in [4.69, 9.17) is 19.2 Å². The van der Waals surface area contributed by atoms with Gasteiger partial charge < -0.3 is 9.26 Å². The molecule has 0 N–H and O–H groups in total. The third kappa shape index (κ3) is 6.72. The molecule has 9 heteroatoms. The van der Waals surface area contributed by atoms with E-state index in [0.29, 0.717) is 30.3 Å². The Kier molecular flexibility index (Phi) is 8.09. The minimum absolute atomic E-state index is 0.0959. The second kappa shape index (κ2) is 12.1. The number of fused-ring (bicyclic) bond motifs is 3. The van der Waals surface area contributed by atoms with E-state index < -0.39 is 0 Å².